The number of ether oxygens (including phenoxy) is 1. The summed E-state index contributed by atoms with van der Waals surface area (Å²) in [6, 6.07) is 7.22. The van der Waals surface area contributed by atoms with Crippen LogP contribution in [0.15, 0.2) is 28.7 Å². The Labute approximate surface area is 104 Å². The molecule has 1 heterocycles. The zero-order valence-electron chi connectivity index (χ0n) is 10.1. The van der Waals surface area contributed by atoms with E-state index in [2.05, 4.69) is 4.98 Å². The Balaban J connectivity index is 2.30. The highest BCUT2D eigenvalue weighted by molar-refractivity contribution is 5.70. The number of carboxylic acids is 1. The fourth-order valence-electron chi connectivity index (χ4n) is 1.59. The largest absolute Gasteiger partial charge is 0.497 e. The molecule has 0 aliphatic heterocycles. The van der Waals surface area contributed by atoms with E-state index in [0.29, 0.717) is 17.3 Å². The Morgan fingerprint density at radius 1 is 1.39 bits per heavy atom. The molecule has 0 atom stereocenters. The summed E-state index contributed by atoms with van der Waals surface area (Å²) in [5.74, 6) is 0.773. The molecule has 0 radical (unpaired) electrons. The van der Waals surface area contributed by atoms with E-state index in [1.54, 1.807) is 26.2 Å². The van der Waals surface area contributed by atoms with Gasteiger partial charge in [0.2, 0.25) is 5.89 Å². The van der Waals surface area contributed by atoms with Gasteiger partial charge in [-0.1, -0.05) is 0 Å². The van der Waals surface area contributed by atoms with E-state index in [1.165, 1.54) is 0 Å². The first-order valence-electron chi connectivity index (χ1n) is 5.42. The summed E-state index contributed by atoms with van der Waals surface area (Å²) in [7, 11) is 1.59. The molecule has 0 saturated heterocycles. The zero-order chi connectivity index (χ0) is 13.1. The number of aryl methyl sites for hydroxylation is 1. The van der Waals surface area contributed by atoms with Crippen LogP contribution >= 0.6 is 0 Å². The summed E-state index contributed by atoms with van der Waals surface area (Å²) in [5.41, 5.74) is 1.24. The number of hydrogen-bond acceptors (Lipinski definition) is 4. The summed E-state index contributed by atoms with van der Waals surface area (Å²) >= 11 is 0. The van der Waals surface area contributed by atoms with Crippen molar-refractivity contribution < 1.29 is 19.1 Å². The first-order valence-corrected chi connectivity index (χ1v) is 5.42. The van der Waals surface area contributed by atoms with Gasteiger partial charge in [-0.15, -0.1) is 0 Å². The van der Waals surface area contributed by atoms with E-state index >= 15 is 0 Å². The molecule has 18 heavy (non-hydrogen) atoms. The topological polar surface area (TPSA) is 72.6 Å². The number of aliphatic carboxylic acids is 1. The van der Waals surface area contributed by atoms with E-state index in [1.807, 2.05) is 12.1 Å². The number of methoxy groups -OCH3 is 1. The lowest BCUT2D eigenvalue weighted by atomic mass is 10.2. The average molecular weight is 247 g/mol. The van der Waals surface area contributed by atoms with Crippen molar-refractivity contribution >= 4 is 5.97 Å². The van der Waals surface area contributed by atoms with Gasteiger partial charge in [0, 0.05) is 5.56 Å². The first-order chi connectivity index (χ1) is 8.60. The van der Waals surface area contributed by atoms with Gasteiger partial charge in [0.05, 0.1) is 19.2 Å². The van der Waals surface area contributed by atoms with Crippen molar-refractivity contribution in [2.24, 2.45) is 0 Å². The van der Waals surface area contributed by atoms with Crippen molar-refractivity contribution in [1.82, 2.24) is 4.98 Å². The zero-order valence-corrected chi connectivity index (χ0v) is 10.1. The number of rotatable bonds is 4. The van der Waals surface area contributed by atoms with Gasteiger partial charge in [-0.3, -0.25) is 4.79 Å². The molecule has 2 aromatic rings. The van der Waals surface area contributed by atoms with Gasteiger partial charge in [-0.25, -0.2) is 4.98 Å². The van der Waals surface area contributed by atoms with Crippen LogP contribution in [0.2, 0.25) is 0 Å². The third-order valence-corrected chi connectivity index (χ3v) is 2.55. The molecule has 2 rings (SSSR count). The molecule has 5 nitrogen and oxygen atoms in total. The second kappa shape index (κ2) is 4.91. The molecular weight excluding hydrogens is 234 g/mol. The summed E-state index contributed by atoms with van der Waals surface area (Å²) in [6.07, 6.45) is -0.133. The second-order valence-electron chi connectivity index (χ2n) is 3.82. The molecule has 0 spiro atoms. The fraction of sp³-hybridized carbons (Fsp3) is 0.231. The maximum atomic E-state index is 10.7. The molecule has 0 aliphatic carbocycles. The Morgan fingerprint density at radius 3 is 2.61 bits per heavy atom. The number of hydrogen-bond donors (Lipinski definition) is 1. The maximum Gasteiger partial charge on any atom is 0.309 e. The van der Waals surface area contributed by atoms with Crippen molar-refractivity contribution in [3.63, 3.8) is 0 Å². The second-order valence-corrected chi connectivity index (χ2v) is 3.82. The average Bonchev–Trinajstić information content (AvgIpc) is 2.70. The third kappa shape index (κ3) is 2.51. The first kappa shape index (κ1) is 12.2. The van der Waals surface area contributed by atoms with E-state index in [0.717, 1.165) is 11.3 Å². The summed E-state index contributed by atoms with van der Waals surface area (Å²) in [4.78, 5) is 14.8. The lowest BCUT2D eigenvalue weighted by Gasteiger charge is -1.99. The summed E-state index contributed by atoms with van der Waals surface area (Å²) in [6.45, 7) is 1.71. The minimum Gasteiger partial charge on any atom is -0.497 e. The smallest absolute Gasteiger partial charge is 0.309 e. The van der Waals surface area contributed by atoms with Crippen LogP contribution in [-0.2, 0) is 11.2 Å². The van der Waals surface area contributed by atoms with E-state index in [4.69, 9.17) is 14.3 Å². The highest BCUT2D eigenvalue weighted by Crippen LogP contribution is 2.24. The van der Waals surface area contributed by atoms with Crippen LogP contribution in [0.3, 0.4) is 0 Å². The number of aromatic nitrogens is 1. The van der Waals surface area contributed by atoms with Crippen molar-refractivity contribution in [1.29, 1.82) is 0 Å². The number of nitrogens with zero attached hydrogens (tertiary/aromatic N) is 1. The third-order valence-electron chi connectivity index (χ3n) is 2.55. The van der Waals surface area contributed by atoms with Crippen molar-refractivity contribution in [2.75, 3.05) is 7.11 Å². The van der Waals surface area contributed by atoms with E-state index in [-0.39, 0.29) is 6.42 Å². The summed E-state index contributed by atoms with van der Waals surface area (Å²) in [5, 5.41) is 8.74. The molecule has 5 heteroatoms. The Morgan fingerprint density at radius 2 is 2.06 bits per heavy atom. The van der Waals surface area contributed by atoms with Crippen LogP contribution in [0.25, 0.3) is 11.5 Å². The van der Waals surface area contributed by atoms with Crippen LogP contribution < -0.4 is 4.74 Å². The lowest BCUT2D eigenvalue weighted by molar-refractivity contribution is -0.136. The maximum absolute atomic E-state index is 10.7. The molecular formula is C13H13NO4. The van der Waals surface area contributed by atoms with Gasteiger partial charge in [0.1, 0.15) is 11.5 Å². The van der Waals surface area contributed by atoms with Gasteiger partial charge in [0.15, 0.2) is 0 Å². The Hall–Kier alpha value is -2.30. The van der Waals surface area contributed by atoms with E-state index in [9.17, 15) is 4.79 Å². The van der Waals surface area contributed by atoms with Crippen molar-refractivity contribution in [3.8, 4) is 17.2 Å². The monoisotopic (exact) mass is 247 g/mol. The molecule has 94 valence electrons. The van der Waals surface area contributed by atoms with Gasteiger partial charge in [-0.05, 0) is 31.2 Å². The molecule has 0 fully saturated rings. The minimum atomic E-state index is -0.923. The van der Waals surface area contributed by atoms with Crippen LogP contribution in [0, 0.1) is 6.92 Å². The molecule has 0 bridgehead atoms. The van der Waals surface area contributed by atoms with Crippen LogP contribution in [-0.4, -0.2) is 23.2 Å². The summed E-state index contributed by atoms with van der Waals surface area (Å²) < 4.78 is 10.5. The Bertz CT molecular complexity index is 557. The molecule has 1 aromatic carbocycles. The lowest BCUT2D eigenvalue weighted by Crippen LogP contribution is -2.01. The van der Waals surface area contributed by atoms with Gasteiger partial charge in [0.25, 0.3) is 0 Å². The van der Waals surface area contributed by atoms with Gasteiger partial charge < -0.3 is 14.3 Å². The predicted octanol–water partition coefficient (Wildman–Crippen LogP) is 2.29. The van der Waals surface area contributed by atoms with E-state index < -0.39 is 5.97 Å². The molecule has 0 aliphatic rings. The van der Waals surface area contributed by atoms with Crippen LogP contribution in [0.5, 0.6) is 5.75 Å². The predicted molar refractivity (Wildman–Crippen MR) is 64.6 cm³/mol. The normalized spacial score (nSPS) is 10.3. The Kier molecular flexibility index (Phi) is 3.32. The fourth-order valence-corrected chi connectivity index (χ4v) is 1.59. The van der Waals surface area contributed by atoms with Gasteiger partial charge >= 0.3 is 5.97 Å². The molecule has 1 aromatic heterocycles. The van der Waals surface area contributed by atoms with Gasteiger partial charge in [-0.2, -0.15) is 0 Å². The highest BCUT2D eigenvalue weighted by atomic mass is 16.5. The standard InChI is InChI=1S/C13H13NO4/c1-8-11(7-12(15)16)14-13(18-8)9-3-5-10(17-2)6-4-9/h3-6H,7H2,1-2H3,(H,15,16). The van der Waals surface area contributed by atoms with Crippen LogP contribution in [0.1, 0.15) is 11.5 Å². The van der Waals surface area contributed by atoms with Crippen LogP contribution in [0.4, 0.5) is 0 Å². The number of carboxylic acid groups (broad SMARTS) is 1. The SMILES string of the molecule is COc1ccc(-c2nc(CC(=O)O)c(C)o2)cc1. The minimum absolute atomic E-state index is 0.133. The molecule has 1 N–H and O–H groups in total. The van der Waals surface area contributed by atoms with Crippen molar-refractivity contribution in [3.05, 3.63) is 35.7 Å². The molecule has 0 amide bonds. The highest BCUT2D eigenvalue weighted by Gasteiger charge is 2.13. The number of carbonyl (C=O) groups is 1. The molecule has 0 unspecified atom stereocenters. The quantitative estimate of drug-likeness (QED) is 0.897. The number of oxazole rings is 1. The van der Waals surface area contributed by atoms with Crippen molar-refractivity contribution in [2.45, 2.75) is 13.3 Å². The number of benzene rings is 1. The molecule has 0 saturated carbocycles.